The maximum Gasteiger partial charge on any atom is 0.347 e. The van der Waals surface area contributed by atoms with Crippen molar-refractivity contribution in [2.45, 2.75) is 24.0 Å². The van der Waals surface area contributed by atoms with Gasteiger partial charge in [-0.15, -0.1) is 0 Å². The molecule has 148 valence electrons. The first-order valence-electron chi connectivity index (χ1n) is 8.46. The van der Waals surface area contributed by atoms with Gasteiger partial charge in [0.25, 0.3) is 0 Å². The summed E-state index contributed by atoms with van der Waals surface area (Å²) < 4.78 is 36.8. The minimum absolute atomic E-state index is 0.0287. The third-order valence-corrected chi connectivity index (χ3v) is 6.38. The molecule has 1 fully saturated rings. The number of carbonyl (C=O) groups is 2. The molecule has 1 aliphatic rings. The average Bonchev–Trinajstić information content (AvgIpc) is 3.07. The van der Waals surface area contributed by atoms with E-state index in [0.717, 1.165) is 11.6 Å². The van der Waals surface area contributed by atoms with Crippen molar-refractivity contribution in [3.63, 3.8) is 0 Å². The molecular formula is C19H18ClNO6S. The van der Waals surface area contributed by atoms with E-state index in [1.165, 1.54) is 23.5 Å². The third-order valence-electron chi connectivity index (χ3n) is 4.25. The fraction of sp³-hybridized carbons (Fsp3) is 0.263. The molecule has 3 rings (SSSR count). The fourth-order valence-corrected chi connectivity index (χ4v) is 4.08. The van der Waals surface area contributed by atoms with Crippen molar-refractivity contribution in [3.8, 4) is 0 Å². The van der Waals surface area contributed by atoms with Gasteiger partial charge in [0.05, 0.1) is 22.1 Å². The van der Waals surface area contributed by atoms with E-state index in [2.05, 4.69) is 0 Å². The summed E-state index contributed by atoms with van der Waals surface area (Å²) in [5.74, 6) is -1.51. The average molecular weight is 424 g/mol. The van der Waals surface area contributed by atoms with Crippen LogP contribution in [0.1, 0.15) is 22.3 Å². The summed E-state index contributed by atoms with van der Waals surface area (Å²) in [6.07, 6.45) is -0.760. The highest BCUT2D eigenvalue weighted by atomic mass is 35.5. The molecule has 0 aliphatic carbocycles. The Morgan fingerprint density at radius 3 is 2.61 bits per heavy atom. The number of hydrogen-bond acceptors (Lipinski definition) is 6. The van der Waals surface area contributed by atoms with Gasteiger partial charge < -0.3 is 9.47 Å². The molecule has 1 aliphatic heterocycles. The number of ether oxygens (including phenoxy) is 2. The molecule has 1 saturated heterocycles. The zero-order valence-corrected chi connectivity index (χ0v) is 16.6. The van der Waals surface area contributed by atoms with Gasteiger partial charge in [0.15, 0.2) is 0 Å². The second kappa shape index (κ2) is 8.30. The van der Waals surface area contributed by atoms with E-state index in [4.69, 9.17) is 21.1 Å². The normalized spacial score (nSPS) is 16.8. The van der Waals surface area contributed by atoms with Gasteiger partial charge in [-0.05, 0) is 23.8 Å². The van der Waals surface area contributed by atoms with Crippen molar-refractivity contribution < 1.29 is 27.5 Å². The van der Waals surface area contributed by atoms with Gasteiger partial charge in [0.2, 0.25) is 16.1 Å². The first-order chi connectivity index (χ1) is 13.3. The molecule has 28 heavy (non-hydrogen) atoms. The van der Waals surface area contributed by atoms with E-state index >= 15 is 0 Å². The number of halogens is 1. The standard InChI is InChI=1S/C19H18ClNO6S/c1-21(12-13-5-3-2-4-6-13)28(24,25)14-7-8-16(20)15(11-14)18(22)27-17-9-10-26-19(17)23/h2-8,11,17H,9-10,12H2,1H3. The smallest absolute Gasteiger partial charge is 0.347 e. The molecule has 7 nitrogen and oxygen atoms in total. The van der Waals surface area contributed by atoms with Gasteiger partial charge in [0.1, 0.15) is 0 Å². The van der Waals surface area contributed by atoms with Crippen LogP contribution in [0.2, 0.25) is 5.02 Å². The van der Waals surface area contributed by atoms with Crippen LogP contribution < -0.4 is 0 Å². The van der Waals surface area contributed by atoms with E-state index in [9.17, 15) is 18.0 Å². The second-order valence-corrected chi connectivity index (χ2v) is 8.69. The molecule has 0 aromatic heterocycles. The van der Waals surface area contributed by atoms with E-state index < -0.39 is 28.1 Å². The summed E-state index contributed by atoms with van der Waals surface area (Å²) in [5.41, 5.74) is 0.692. The molecule has 2 aromatic carbocycles. The minimum Gasteiger partial charge on any atom is -0.463 e. The van der Waals surface area contributed by atoms with Crippen LogP contribution >= 0.6 is 11.6 Å². The molecule has 0 amide bonds. The van der Waals surface area contributed by atoms with Gasteiger partial charge in [0, 0.05) is 20.0 Å². The van der Waals surface area contributed by atoms with Crippen LogP contribution in [0.25, 0.3) is 0 Å². The number of esters is 2. The molecule has 1 atom stereocenters. The second-order valence-electron chi connectivity index (χ2n) is 6.24. The van der Waals surface area contributed by atoms with E-state index in [0.29, 0.717) is 0 Å². The predicted molar refractivity (Wildman–Crippen MR) is 101 cm³/mol. The summed E-state index contributed by atoms with van der Waals surface area (Å²) in [6, 6.07) is 12.9. The number of cyclic esters (lactones) is 1. The SMILES string of the molecule is CN(Cc1ccccc1)S(=O)(=O)c1ccc(Cl)c(C(=O)OC2CCOC2=O)c1. The number of nitrogens with zero attached hydrogens (tertiary/aromatic N) is 1. The number of carbonyl (C=O) groups excluding carboxylic acids is 2. The summed E-state index contributed by atoms with van der Waals surface area (Å²) in [5, 5.41) is 0.0287. The van der Waals surface area contributed by atoms with E-state index in [-0.39, 0.29) is 35.1 Å². The van der Waals surface area contributed by atoms with Crippen molar-refractivity contribution in [2.75, 3.05) is 13.7 Å². The van der Waals surface area contributed by atoms with E-state index in [1.54, 1.807) is 0 Å². The molecule has 1 unspecified atom stereocenters. The molecule has 9 heteroatoms. The van der Waals surface area contributed by atoms with Gasteiger partial charge in [-0.3, -0.25) is 0 Å². The highest BCUT2D eigenvalue weighted by Gasteiger charge is 2.32. The monoisotopic (exact) mass is 423 g/mol. The first-order valence-corrected chi connectivity index (χ1v) is 10.3. The number of rotatable bonds is 6. The highest BCUT2D eigenvalue weighted by Crippen LogP contribution is 2.25. The lowest BCUT2D eigenvalue weighted by Gasteiger charge is -2.18. The Hall–Kier alpha value is -2.42. The zero-order valence-electron chi connectivity index (χ0n) is 15.0. The molecule has 0 N–H and O–H groups in total. The Balaban J connectivity index is 1.83. The van der Waals surface area contributed by atoms with Crippen molar-refractivity contribution in [2.24, 2.45) is 0 Å². The lowest BCUT2D eigenvalue weighted by atomic mass is 10.2. The van der Waals surface area contributed by atoms with Gasteiger partial charge in [-0.2, -0.15) is 4.31 Å². The van der Waals surface area contributed by atoms with Gasteiger partial charge in [-0.25, -0.2) is 18.0 Å². The maximum absolute atomic E-state index is 12.9. The van der Waals surface area contributed by atoms with Crippen LogP contribution in [0.3, 0.4) is 0 Å². The number of hydrogen-bond donors (Lipinski definition) is 0. The maximum atomic E-state index is 12.9. The van der Waals surface area contributed by atoms with E-state index in [1.807, 2.05) is 30.3 Å². The summed E-state index contributed by atoms with van der Waals surface area (Å²) in [6.45, 7) is 0.336. The van der Waals surface area contributed by atoms with Crippen LogP contribution in [0.5, 0.6) is 0 Å². The number of benzene rings is 2. The lowest BCUT2D eigenvalue weighted by Crippen LogP contribution is -2.27. The van der Waals surface area contributed by atoms with Crippen molar-refractivity contribution in [3.05, 3.63) is 64.7 Å². The van der Waals surface area contributed by atoms with Crippen LogP contribution in [0.15, 0.2) is 53.4 Å². The fourth-order valence-electron chi connectivity index (χ4n) is 2.70. The Kier molecular flexibility index (Phi) is 6.02. The molecule has 1 heterocycles. The molecule has 0 bridgehead atoms. The van der Waals surface area contributed by atoms with Crippen molar-refractivity contribution in [1.82, 2.24) is 4.31 Å². The highest BCUT2D eigenvalue weighted by molar-refractivity contribution is 7.89. The van der Waals surface area contributed by atoms with Crippen LogP contribution in [-0.2, 0) is 30.8 Å². The Labute approximate surface area is 167 Å². The molecule has 0 spiro atoms. The van der Waals surface area contributed by atoms with Crippen LogP contribution in [0.4, 0.5) is 0 Å². The number of sulfonamides is 1. The van der Waals surface area contributed by atoms with Gasteiger partial charge >= 0.3 is 11.9 Å². The molecular weight excluding hydrogens is 406 g/mol. The Bertz CT molecular complexity index is 993. The third kappa shape index (κ3) is 4.35. The predicted octanol–water partition coefficient (Wildman–Crippen LogP) is 2.63. The van der Waals surface area contributed by atoms with Crippen molar-refractivity contribution >= 4 is 33.6 Å². The molecule has 0 saturated carbocycles. The molecule has 0 radical (unpaired) electrons. The minimum atomic E-state index is -3.87. The quantitative estimate of drug-likeness (QED) is 0.663. The summed E-state index contributed by atoms with van der Waals surface area (Å²) in [7, 11) is -2.42. The topological polar surface area (TPSA) is 90.0 Å². The Morgan fingerprint density at radius 2 is 1.96 bits per heavy atom. The summed E-state index contributed by atoms with van der Waals surface area (Å²) in [4.78, 5) is 23.8. The zero-order chi connectivity index (χ0) is 20.3. The van der Waals surface area contributed by atoms with Crippen molar-refractivity contribution in [1.29, 1.82) is 0 Å². The largest absolute Gasteiger partial charge is 0.463 e. The van der Waals surface area contributed by atoms with Crippen LogP contribution in [-0.4, -0.2) is 44.4 Å². The van der Waals surface area contributed by atoms with Gasteiger partial charge in [-0.1, -0.05) is 41.9 Å². The summed E-state index contributed by atoms with van der Waals surface area (Å²) >= 11 is 6.05. The Morgan fingerprint density at radius 1 is 1.25 bits per heavy atom. The van der Waals surface area contributed by atoms with Crippen LogP contribution in [0, 0.1) is 0 Å². The first kappa shape index (κ1) is 20.3. The lowest BCUT2D eigenvalue weighted by molar-refractivity contribution is -0.145. The molecule has 2 aromatic rings.